The summed E-state index contributed by atoms with van der Waals surface area (Å²) in [7, 11) is 3.99. The summed E-state index contributed by atoms with van der Waals surface area (Å²) in [6, 6.07) is 7.91. The van der Waals surface area contributed by atoms with E-state index < -0.39 is 5.91 Å². The lowest BCUT2D eigenvalue weighted by Crippen LogP contribution is -2.13. The number of hydrogen-bond donors (Lipinski definition) is 1. The first-order chi connectivity index (χ1) is 15.3. The van der Waals surface area contributed by atoms with E-state index >= 15 is 0 Å². The third-order valence-corrected chi connectivity index (χ3v) is 6.09. The molecule has 0 aliphatic rings. The molecule has 0 saturated heterocycles. The predicted octanol–water partition coefficient (Wildman–Crippen LogP) is 4.84. The van der Waals surface area contributed by atoms with Crippen LogP contribution in [-0.2, 0) is 11.4 Å². The van der Waals surface area contributed by atoms with Gasteiger partial charge in [0.25, 0.3) is 0 Å². The number of hydrogen-bond acceptors (Lipinski definition) is 6. The van der Waals surface area contributed by atoms with E-state index in [1.807, 2.05) is 50.2 Å². The third kappa shape index (κ3) is 5.41. The molecule has 2 heterocycles. The number of carbonyl (C=O) groups excluding carboxylic acids is 1. The van der Waals surface area contributed by atoms with Crippen molar-refractivity contribution in [3.8, 4) is 5.75 Å². The highest BCUT2D eigenvalue weighted by Gasteiger charge is 2.15. The lowest BCUT2D eigenvalue weighted by atomic mass is 10.0. The molecule has 166 valence electrons. The van der Waals surface area contributed by atoms with Crippen molar-refractivity contribution in [2.45, 2.75) is 18.4 Å². The van der Waals surface area contributed by atoms with Gasteiger partial charge in [-0.2, -0.15) is 0 Å². The monoisotopic (exact) mass is 468 g/mol. The molecule has 0 spiro atoms. The zero-order valence-corrected chi connectivity index (χ0v) is 19.8. The number of fused-ring (bicyclic) bond motifs is 1. The Hall–Kier alpha value is -3.03. The molecular formula is C24H25ClN4O2S. The fraction of sp³-hybridized carbons (Fsp3) is 0.208. The van der Waals surface area contributed by atoms with Gasteiger partial charge in [0.15, 0.2) is 0 Å². The van der Waals surface area contributed by atoms with Gasteiger partial charge < -0.3 is 15.4 Å². The molecule has 32 heavy (non-hydrogen) atoms. The number of allylic oxidation sites excluding steroid dienone is 2. The van der Waals surface area contributed by atoms with Crippen LogP contribution in [0.3, 0.4) is 0 Å². The van der Waals surface area contributed by atoms with Crippen molar-refractivity contribution >= 4 is 45.9 Å². The number of carbonyl (C=O) groups is 1. The van der Waals surface area contributed by atoms with Gasteiger partial charge in [0.05, 0.1) is 10.8 Å². The van der Waals surface area contributed by atoms with E-state index in [0.29, 0.717) is 10.8 Å². The zero-order chi connectivity index (χ0) is 23.3. The Morgan fingerprint density at radius 3 is 2.81 bits per heavy atom. The first-order valence-electron chi connectivity index (χ1n) is 9.89. The molecule has 0 aliphatic carbocycles. The molecule has 0 fully saturated rings. The third-order valence-electron chi connectivity index (χ3n) is 4.67. The largest absolute Gasteiger partial charge is 0.487 e. The van der Waals surface area contributed by atoms with Gasteiger partial charge in [0.2, 0.25) is 5.91 Å². The molecule has 0 aliphatic heterocycles. The number of benzene rings is 1. The Kier molecular flexibility index (Phi) is 7.77. The van der Waals surface area contributed by atoms with Crippen LogP contribution in [-0.4, -0.2) is 40.6 Å². The van der Waals surface area contributed by atoms with Crippen LogP contribution in [0, 0.1) is 6.92 Å². The van der Waals surface area contributed by atoms with Gasteiger partial charge in [0, 0.05) is 59.3 Å². The molecule has 0 radical (unpaired) electrons. The van der Waals surface area contributed by atoms with E-state index in [9.17, 15) is 4.79 Å². The topological polar surface area (TPSA) is 81.3 Å². The van der Waals surface area contributed by atoms with Crippen LogP contribution in [0.1, 0.15) is 16.8 Å². The van der Waals surface area contributed by atoms with E-state index in [2.05, 4.69) is 17.6 Å². The number of aromatic nitrogens is 2. The van der Waals surface area contributed by atoms with Crippen molar-refractivity contribution < 1.29 is 9.53 Å². The molecule has 3 rings (SSSR count). The smallest absolute Gasteiger partial charge is 0.227 e. The highest BCUT2D eigenvalue weighted by molar-refractivity contribution is 8.00. The lowest BCUT2D eigenvalue weighted by Gasteiger charge is -2.20. The van der Waals surface area contributed by atoms with Crippen LogP contribution in [0.15, 0.2) is 60.3 Å². The number of para-hydroxylation sites is 1. The maximum Gasteiger partial charge on any atom is 0.227 e. The molecule has 8 heteroatoms. The maximum atomic E-state index is 11.2. The number of rotatable bonds is 9. The van der Waals surface area contributed by atoms with Crippen LogP contribution < -0.4 is 10.5 Å². The van der Waals surface area contributed by atoms with E-state index in [1.165, 1.54) is 11.8 Å². The van der Waals surface area contributed by atoms with Gasteiger partial charge in [-0.25, -0.2) is 4.98 Å². The summed E-state index contributed by atoms with van der Waals surface area (Å²) in [4.78, 5) is 22.9. The average Bonchev–Trinajstić information content (AvgIpc) is 2.74. The number of nitrogens with two attached hydrogens (primary N) is 1. The number of halogens is 1. The second-order valence-electron chi connectivity index (χ2n) is 7.29. The Morgan fingerprint density at radius 2 is 2.12 bits per heavy atom. The van der Waals surface area contributed by atoms with Crippen molar-refractivity contribution in [3.63, 3.8) is 0 Å². The highest BCUT2D eigenvalue weighted by atomic mass is 35.5. The minimum atomic E-state index is -0.410. The highest BCUT2D eigenvalue weighted by Crippen LogP contribution is 2.33. The van der Waals surface area contributed by atoms with E-state index in [0.717, 1.165) is 38.3 Å². The van der Waals surface area contributed by atoms with Crippen molar-refractivity contribution in [1.82, 2.24) is 14.9 Å². The summed E-state index contributed by atoms with van der Waals surface area (Å²) < 4.78 is 6.19. The number of amides is 1. The van der Waals surface area contributed by atoms with Crippen LogP contribution in [0.5, 0.6) is 5.75 Å². The minimum absolute atomic E-state index is 0.135. The normalized spacial score (nSPS) is 11.4. The van der Waals surface area contributed by atoms with E-state index in [-0.39, 0.29) is 12.4 Å². The molecule has 0 bridgehead atoms. The second kappa shape index (κ2) is 10.5. The maximum absolute atomic E-state index is 11.2. The Labute approximate surface area is 197 Å². The molecular weight excluding hydrogens is 444 g/mol. The van der Waals surface area contributed by atoms with Crippen LogP contribution in [0.4, 0.5) is 0 Å². The fourth-order valence-electron chi connectivity index (χ4n) is 3.28. The first kappa shape index (κ1) is 23.6. The van der Waals surface area contributed by atoms with Gasteiger partial charge in [-0.1, -0.05) is 36.4 Å². The Morgan fingerprint density at radius 1 is 1.34 bits per heavy atom. The molecule has 0 saturated carbocycles. The van der Waals surface area contributed by atoms with Crippen LogP contribution in [0.2, 0.25) is 5.02 Å². The van der Waals surface area contributed by atoms with Gasteiger partial charge in [0.1, 0.15) is 17.9 Å². The first-order valence-corrected chi connectivity index (χ1v) is 11.2. The van der Waals surface area contributed by atoms with Gasteiger partial charge in [-0.05, 0) is 25.1 Å². The summed E-state index contributed by atoms with van der Waals surface area (Å²) in [5.74, 6) is 0.367. The number of aryl methyl sites for hydroxylation is 1. The quantitative estimate of drug-likeness (QED) is 0.357. The Bertz CT molecular complexity index is 1190. The lowest BCUT2D eigenvalue weighted by molar-refractivity contribution is -0.115. The molecule has 0 atom stereocenters. The zero-order valence-electron chi connectivity index (χ0n) is 18.3. The van der Waals surface area contributed by atoms with E-state index in [1.54, 1.807) is 18.5 Å². The molecule has 3 aromatic rings. The number of primary amides is 1. The number of pyridine rings is 2. The molecule has 2 aromatic heterocycles. The van der Waals surface area contributed by atoms with Crippen molar-refractivity contribution in [1.29, 1.82) is 0 Å². The molecule has 1 amide bonds. The number of thioether (sulfide) groups is 1. The summed E-state index contributed by atoms with van der Waals surface area (Å²) in [5, 5.41) is 1.44. The standard InChI is InChI=1S/C24H25ClN4O2S/c1-5-7-20(29(3)4)17-10-15(2)28-24-16(17)8-6-9-21(24)31-13-18-19(25)11-27-12-22(18)32-14-23(26)30/h5-12H,1,13-14H2,2-4H3,(H2,26,30)/b20-7-. The van der Waals surface area contributed by atoms with Crippen LogP contribution >= 0.6 is 23.4 Å². The SMILES string of the molecule is C=C/C=C(/c1cc(C)nc2c(OCc3c(Cl)cncc3SCC(N)=O)cccc12)N(C)C. The number of ether oxygens (including phenoxy) is 1. The summed E-state index contributed by atoms with van der Waals surface area (Å²) >= 11 is 7.67. The van der Waals surface area contributed by atoms with E-state index in [4.69, 9.17) is 27.1 Å². The minimum Gasteiger partial charge on any atom is -0.487 e. The molecule has 1 aromatic carbocycles. The fourth-order valence-corrected chi connectivity index (χ4v) is 4.32. The summed E-state index contributed by atoms with van der Waals surface area (Å²) in [5.41, 5.74) is 9.73. The Balaban J connectivity index is 2.01. The van der Waals surface area contributed by atoms with Gasteiger partial charge >= 0.3 is 0 Å². The van der Waals surface area contributed by atoms with Gasteiger partial charge in [-0.15, -0.1) is 11.8 Å². The van der Waals surface area contributed by atoms with Gasteiger partial charge in [-0.3, -0.25) is 9.78 Å². The predicted molar refractivity (Wildman–Crippen MR) is 132 cm³/mol. The van der Waals surface area contributed by atoms with Crippen molar-refractivity contribution in [3.05, 3.63) is 77.2 Å². The summed E-state index contributed by atoms with van der Waals surface area (Å²) in [6.45, 7) is 6.00. The van der Waals surface area contributed by atoms with Crippen molar-refractivity contribution in [2.75, 3.05) is 19.8 Å². The average molecular weight is 469 g/mol. The molecule has 0 unspecified atom stereocenters. The molecule has 6 nitrogen and oxygen atoms in total. The van der Waals surface area contributed by atoms with Crippen LogP contribution in [0.25, 0.3) is 16.6 Å². The summed E-state index contributed by atoms with van der Waals surface area (Å²) in [6.07, 6.45) is 6.96. The second-order valence-corrected chi connectivity index (χ2v) is 8.71. The number of nitrogens with zero attached hydrogens (tertiary/aromatic N) is 3. The van der Waals surface area contributed by atoms with Crippen molar-refractivity contribution in [2.24, 2.45) is 5.73 Å². The molecule has 2 N–H and O–H groups in total.